The van der Waals surface area contributed by atoms with Crippen LogP contribution in [0.5, 0.6) is 0 Å². The van der Waals surface area contributed by atoms with Crippen molar-refractivity contribution in [2.45, 2.75) is 77.0 Å². The maximum atomic E-state index is 10.3. The Morgan fingerprint density at radius 2 is 0.917 bits per heavy atom. The van der Waals surface area contributed by atoms with Gasteiger partial charge in [-0.25, -0.2) is 0 Å². The third kappa shape index (κ3) is 6.75. The number of allylic oxidation sites excluding steroid dienone is 4. The van der Waals surface area contributed by atoms with Crippen LogP contribution in [0.4, 0.5) is 0 Å². The van der Waals surface area contributed by atoms with Gasteiger partial charge in [0.05, 0.1) is 0 Å². The quantitative estimate of drug-likeness (QED) is 0.310. The number of aldehydes is 2. The summed E-state index contributed by atoms with van der Waals surface area (Å²) in [5.74, 6) is 3.41. The Hall–Kier alpha value is -1.18. The molecule has 24 heavy (non-hydrogen) atoms. The van der Waals surface area contributed by atoms with Crippen molar-refractivity contribution in [2.75, 3.05) is 0 Å². The first-order valence-electron chi connectivity index (χ1n) is 10.0. The number of rotatable bonds is 9. The minimum atomic E-state index is 0.665. The molecule has 0 N–H and O–H groups in total. The zero-order valence-electron chi connectivity index (χ0n) is 15.1. The summed E-state index contributed by atoms with van der Waals surface area (Å²) >= 11 is 0. The summed E-state index contributed by atoms with van der Waals surface area (Å²) in [6.45, 7) is 0. The highest BCUT2D eigenvalue weighted by Crippen LogP contribution is 2.41. The molecule has 2 rings (SSSR count). The standard InChI is InChI=1S/C22H34O2/c23-17-5-1-3-7-19-9-13-21(14-10-19)22-15-11-20(12-16-22)8-4-2-6-18-24/h3-4,7-8,17-22H,1-2,5-6,9-16H2/b7-3+,8-4+. The van der Waals surface area contributed by atoms with E-state index in [1.54, 1.807) is 0 Å². The Morgan fingerprint density at radius 3 is 1.25 bits per heavy atom. The SMILES string of the molecule is O=CCC/C=C/C1CCC(C2CCC(/C=C/CCC=O)CC2)CC1. The van der Waals surface area contributed by atoms with Crippen molar-refractivity contribution in [1.82, 2.24) is 0 Å². The third-order valence-electron chi connectivity index (χ3n) is 6.02. The normalized spacial score (nSPS) is 31.5. The van der Waals surface area contributed by atoms with Crippen molar-refractivity contribution in [3.05, 3.63) is 24.3 Å². The lowest BCUT2D eigenvalue weighted by molar-refractivity contribution is -0.108. The van der Waals surface area contributed by atoms with E-state index < -0.39 is 0 Å². The average Bonchev–Trinajstić information content (AvgIpc) is 2.64. The van der Waals surface area contributed by atoms with E-state index in [1.165, 1.54) is 51.4 Å². The smallest absolute Gasteiger partial charge is 0.120 e. The first-order valence-corrected chi connectivity index (χ1v) is 10.0. The minimum Gasteiger partial charge on any atom is -0.303 e. The molecular weight excluding hydrogens is 296 g/mol. The van der Waals surface area contributed by atoms with Gasteiger partial charge >= 0.3 is 0 Å². The number of carbonyl (C=O) groups excluding carboxylic acids is 2. The van der Waals surface area contributed by atoms with Gasteiger partial charge in [0.2, 0.25) is 0 Å². The molecule has 0 atom stereocenters. The van der Waals surface area contributed by atoms with Gasteiger partial charge in [0.15, 0.2) is 0 Å². The van der Waals surface area contributed by atoms with E-state index in [4.69, 9.17) is 0 Å². The van der Waals surface area contributed by atoms with E-state index >= 15 is 0 Å². The van der Waals surface area contributed by atoms with Gasteiger partial charge in [0.25, 0.3) is 0 Å². The molecule has 0 aromatic carbocycles. The Bertz CT molecular complexity index is 368. The molecule has 0 radical (unpaired) electrons. The molecule has 0 aromatic heterocycles. The molecule has 2 fully saturated rings. The van der Waals surface area contributed by atoms with Crippen molar-refractivity contribution >= 4 is 12.6 Å². The van der Waals surface area contributed by atoms with Crippen molar-refractivity contribution in [1.29, 1.82) is 0 Å². The molecule has 0 spiro atoms. The van der Waals surface area contributed by atoms with Gasteiger partial charge in [-0.3, -0.25) is 0 Å². The highest BCUT2D eigenvalue weighted by molar-refractivity contribution is 5.49. The van der Waals surface area contributed by atoms with Crippen molar-refractivity contribution in [2.24, 2.45) is 23.7 Å². The van der Waals surface area contributed by atoms with Gasteiger partial charge in [-0.15, -0.1) is 0 Å². The van der Waals surface area contributed by atoms with E-state index in [9.17, 15) is 9.59 Å². The molecule has 2 saturated carbocycles. The van der Waals surface area contributed by atoms with Crippen molar-refractivity contribution < 1.29 is 9.59 Å². The molecule has 2 aliphatic carbocycles. The largest absolute Gasteiger partial charge is 0.303 e. The van der Waals surface area contributed by atoms with Crippen LogP contribution < -0.4 is 0 Å². The van der Waals surface area contributed by atoms with E-state index in [-0.39, 0.29) is 0 Å². The van der Waals surface area contributed by atoms with Gasteiger partial charge in [-0.1, -0.05) is 24.3 Å². The molecule has 134 valence electrons. The van der Waals surface area contributed by atoms with Gasteiger partial charge in [0, 0.05) is 12.8 Å². The fourth-order valence-electron chi connectivity index (χ4n) is 4.52. The van der Waals surface area contributed by atoms with Crippen LogP contribution in [0.2, 0.25) is 0 Å². The summed E-state index contributed by atoms with van der Waals surface area (Å²) < 4.78 is 0. The zero-order chi connectivity index (χ0) is 17.0. The molecule has 0 heterocycles. The molecule has 0 saturated heterocycles. The van der Waals surface area contributed by atoms with Crippen LogP contribution in [0.15, 0.2) is 24.3 Å². The zero-order valence-corrected chi connectivity index (χ0v) is 15.1. The molecule has 0 amide bonds. The highest BCUT2D eigenvalue weighted by atomic mass is 16.1. The number of hydrogen-bond acceptors (Lipinski definition) is 2. The average molecular weight is 331 g/mol. The Morgan fingerprint density at radius 1 is 0.542 bits per heavy atom. The first kappa shape index (κ1) is 19.1. The summed E-state index contributed by atoms with van der Waals surface area (Å²) in [6.07, 6.45) is 25.3. The van der Waals surface area contributed by atoms with Crippen molar-refractivity contribution in [3.8, 4) is 0 Å². The van der Waals surface area contributed by atoms with Gasteiger partial charge in [-0.05, 0) is 87.9 Å². The van der Waals surface area contributed by atoms with Crippen LogP contribution in [0.3, 0.4) is 0 Å². The maximum absolute atomic E-state index is 10.3. The molecule has 0 unspecified atom stereocenters. The van der Waals surface area contributed by atoms with Crippen LogP contribution in [0, 0.1) is 23.7 Å². The molecular formula is C22H34O2. The van der Waals surface area contributed by atoms with E-state index in [0.29, 0.717) is 12.8 Å². The highest BCUT2D eigenvalue weighted by Gasteiger charge is 2.29. The van der Waals surface area contributed by atoms with Crippen LogP contribution >= 0.6 is 0 Å². The Kier molecular flexibility index (Phi) is 9.09. The fourth-order valence-corrected chi connectivity index (χ4v) is 4.52. The van der Waals surface area contributed by atoms with E-state index in [2.05, 4.69) is 24.3 Å². The molecule has 2 aliphatic rings. The second-order valence-electron chi connectivity index (χ2n) is 7.69. The summed E-state index contributed by atoms with van der Waals surface area (Å²) in [4.78, 5) is 20.7. The van der Waals surface area contributed by atoms with E-state index in [0.717, 1.165) is 49.1 Å². The topological polar surface area (TPSA) is 34.1 Å². The monoisotopic (exact) mass is 330 g/mol. The predicted molar refractivity (Wildman–Crippen MR) is 99.8 cm³/mol. The van der Waals surface area contributed by atoms with Crippen LogP contribution in [-0.2, 0) is 9.59 Å². The molecule has 0 aliphatic heterocycles. The molecule has 2 heteroatoms. The second kappa shape index (κ2) is 11.4. The van der Waals surface area contributed by atoms with Crippen LogP contribution in [0.25, 0.3) is 0 Å². The first-order chi connectivity index (χ1) is 11.8. The fraction of sp³-hybridized carbons (Fsp3) is 0.727. The molecule has 2 nitrogen and oxygen atoms in total. The Balaban J connectivity index is 1.63. The maximum Gasteiger partial charge on any atom is 0.120 e. The number of hydrogen-bond donors (Lipinski definition) is 0. The summed E-state index contributed by atoms with van der Waals surface area (Å²) in [5, 5.41) is 0. The lowest BCUT2D eigenvalue weighted by Crippen LogP contribution is -2.25. The van der Waals surface area contributed by atoms with Crippen molar-refractivity contribution in [3.63, 3.8) is 0 Å². The van der Waals surface area contributed by atoms with Gasteiger partial charge in [0.1, 0.15) is 12.6 Å². The van der Waals surface area contributed by atoms with Crippen LogP contribution in [-0.4, -0.2) is 12.6 Å². The number of unbranched alkanes of at least 4 members (excludes halogenated alkanes) is 2. The summed E-state index contributed by atoms with van der Waals surface area (Å²) in [5.41, 5.74) is 0. The summed E-state index contributed by atoms with van der Waals surface area (Å²) in [6, 6.07) is 0. The summed E-state index contributed by atoms with van der Waals surface area (Å²) in [7, 11) is 0. The van der Waals surface area contributed by atoms with Crippen LogP contribution in [0.1, 0.15) is 77.0 Å². The molecule has 0 aromatic rings. The number of carbonyl (C=O) groups is 2. The Labute approximate surface area is 147 Å². The predicted octanol–water partition coefficient (Wildman–Crippen LogP) is 5.67. The second-order valence-corrected chi connectivity index (χ2v) is 7.69. The minimum absolute atomic E-state index is 0.665. The third-order valence-corrected chi connectivity index (χ3v) is 6.02. The van der Waals surface area contributed by atoms with Gasteiger partial charge in [-0.2, -0.15) is 0 Å². The molecule has 0 bridgehead atoms. The van der Waals surface area contributed by atoms with E-state index in [1.807, 2.05) is 0 Å². The van der Waals surface area contributed by atoms with Gasteiger partial charge < -0.3 is 9.59 Å². The lowest BCUT2D eigenvalue weighted by Gasteiger charge is -2.37. The lowest BCUT2D eigenvalue weighted by atomic mass is 9.69.